The SMILES string of the molecule is CCCC1OC(C(=O)NC(C)(C)CC(=O)N[C@H](C(=O)O)C(C)CS)C(O)C(C)(C)[C@H](N)C1C(C)(C)O. The second kappa shape index (κ2) is 12.4. The van der Waals surface area contributed by atoms with E-state index in [1.54, 1.807) is 48.5 Å². The molecular formula is C25H47N3O7S. The minimum atomic E-state index is -1.28. The zero-order chi connectivity index (χ0) is 28.2. The van der Waals surface area contributed by atoms with Crippen molar-refractivity contribution in [2.24, 2.45) is 23.0 Å². The van der Waals surface area contributed by atoms with Crippen molar-refractivity contribution >= 4 is 30.4 Å². The fourth-order valence-electron chi connectivity index (χ4n) is 4.89. The number of hydrogen-bond donors (Lipinski definition) is 7. The lowest BCUT2D eigenvalue weighted by Crippen LogP contribution is -2.59. The molecule has 1 saturated heterocycles. The highest BCUT2D eigenvalue weighted by Gasteiger charge is 2.54. The van der Waals surface area contributed by atoms with Gasteiger partial charge in [-0.05, 0) is 45.8 Å². The molecule has 0 saturated carbocycles. The van der Waals surface area contributed by atoms with Crippen LogP contribution in [0.25, 0.3) is 0 Å². The summed E-state index contributed by atoms with van der Waals surface area (Å²) in [4.78, 5) is 37.6. The average Bonchev–Trinajstić information content (AvgIpc) is 2.79. The van der Waals surface area contributed by atoms with E-state index < -0.39 is 76.6 Å². The number of nitrogens with one attached hydrogen (secondary N) is 2. The van der Waals surface area contributed by atoms with Gasteiger partial charge in [0.05, 0.1) is 17.8 Å². The van der Waals surface area contributed by atoms with Crippen LogP contribution in [0.15, 0.2) is 0 Å². The van der Waals surface area contributed by atoms with Crippen LogP contribution in [0.3, 0.4) is 0 Å². The van der Waals surface area contributed by atoms with Crippen molar-refractivity contribution in [2.45, 2.75) is 116 Å². The molecule has 36 heavy (non-hydrogen) atoms. The first-order valence-corrected chi connectivity index (χ1v) is 13.2. The number of aliphatic hydroxyl groups excluding tert-OH is 1. The van der Waals surface area contributed by atoms with Gasteiger partial charge in [-0.3, -0.25) is 9.59 Å². The van der Waals surface area contributed by atoms with Gasteiger partial charge in [0, 0.05) is 29.3 Å². The van der Waals surface area contributed by atoms with Crippen molar-refractivity contribution in [1.29, 1.82) is 0 Å². The fourth-order valence-corrected chi connectivity index (χ4v) is 5.10. The van der Waals surface area contributed by atoms with Gasteiger partial charge in [0.1, 0.15) is 6.04 Å². The van der Waals surface area contributed by atoms with Crippen LogP contribution in [0.5, 0.6) is 0 Å². The van der Waals surface area contributed by atoms with Gasteiger partial charge in [-0.1, -0.05) is 34.1 Å². The van der Waals surface area contributed by atoms with E-state index in [9.17, 15) is 29.7 Å². The maximum absolute atomic E-state index is 13.4. The largest absolute Gasteiger partial charge is 0.480 e. The maximum atomic E-state index is 13.4. The molecule has 2 amide bonds. The van der Waals surface area contributed by atoms with E-state index in [1.807, 2.05) is 6.92 Å². The Morgan fingerprint density at radius 1 is 1.19 bits per heavy atom. The molecule has 1 aliphatic rings. The molecule has 5 unspecified atom stereocenters. The number of aliphatic carboxylic acids is 1. The maximum Gasteiger partial charge on any atom is 0.326 e. The van der Waals surface area contributed by atoms with Crippen LogP contribution in [0, 0.1) is 17.3 Å². The standard InChI is InChI=1S/C25H47N3O7S/c1-9-10-14-16(25(7,8)34)19(26)24(5,6)20(30)18(35-14)21(31)28-23(3,4)11-15(29)27-17(22(32)33)13(2)12-36/h13-14,16-20,30,34,36H,9-12,26H2,1-8H3,(H,27,29)(H,28,31)(H,32,33)/t13?,14?,16?,17-,18?,19+,20?/m0/s1. The van der Waals surface area contributed by atoms with Gasteiger partial charge in [-0.15, -0.1) is 0 Å². The molecule has 0 spiro atoms. The molecule has 1 heterocycles. The lowest BCUT2D eigenvalue weighted by Gasteiger charge is -2.43. The molecule has 10 nitrogen and oxygen atoms in total. The molecule has 0 aromatic carbocycles. The summed E-state index contributed by atoms with van der Waals surface area (Å²) >= 11 is 4.11. The molecule has 1 aliphatic heterocycles. The first-order chi connectivity index (χ1) is 16.3. The van der Waals surface area contributed by atoms with Gasteiger partial charge in [-0.25, -0.2) is 4.79 Å². The van der Waals surface area contributed by atoms with E-state index in [1.165, 1.54) is 0 Å². The quantitative estimate of drug-likeness (QED) is 0.193. The predicted molar refractivity (Wildman–Crippen MR) is 141 cm³/mol. The number of carboxylic acids is 1. The molecule has 0 aromatic rings. The smallest absolute Gasteiger partial charge is 0.326 e. The summed E-state index contributed by atoms with van der Waals surface area (Å²) in [5.74, 6) is -2.98. The molecule has 1 fully saturated rings. The van der Waals surface area contributed by atoms with E-state index in [0.717, 1.165) is 6.42 Å². The van der Waals surface area contributed by atoms with Crippen molar-refractivity contribution in [3.63, 3.8) is 0 Å². The fraction of sp³-hybridized carbons (Fsp3) is 0.880. The van der Waals surface area contributed by atoms with Crippen LogP contribution in [-0.2, 0) is 19.1 Å². The molecular weight excluding hydrogens is 486 g/mol. The van der Waals surface area contributed by atoms with Gasteiger partial charge in [0.2, 0.25) is 5.91 Å². The minimum Gasteiger partial charge on any atom is -0.480 e. The Morgan fingerprint density at radius 3 is 2.19 bits per heavy atom. The number of aliphatic hydroxyl groups is 2. The van der Waals surface area contributed by atoms with Crippen LogP contribution >= 0.6 is 12.6 Å². The van der Waals surface area contributed by atoms with Crippen molar-refractivity contribution in [2.75, 3.05) is 5.75 Å². The average molecular weight is 534 g/mol. The Bertz CT molecular complexity index is 784. The molecule has 7 atom stereocenters. The van der Waals surface area contributed by atoms with E-state index in [4.69, 9.17) is 10.5 Å². The molecule has 1 rings (SSSR count). The summed E-state index contributed by atoms with van der Waals surface area (Å²) in [6, 6.07) is -1.77. The molecule has 11 heteroatoms. The number of carboxylic acid groups (broad SMARTS) is 1. The minimum absolute atomic E-state index is 0.196. The number of carbonyl (C=O) groups excluding carboxylic acids is 2. The zero-order valence-corrected chi connectivity index (χ0v) is 23.8. The number of carbonyl (C=O) groups is 3. The van der Waals surface area contributed by atoms with E-state index in [-0.39, 0.29) is 12.2 Å². The number of rotatable bonds is 11. The van der Waals surface area contributed by atoms with Gasteiger partial charge >= 0.3 is 5.97 Å². The summed E-state index contributed by atoms with van der Waals surface area (Å²) in [5, 5.41) is 36.8. The number of ether oxygens (including phenoxy) is 1. The Labute approximate surface area is 220 Å². The van der Waals surface area contributed by atoms with E-state index in [0.29, 0.717) is 6.42 Å². The third kappa shape index (κ3) is 8.05. The summed E-state index contributed by atoms with van der Waals surface area (Å²) < 4.78 is 6.18. The number of hydrogen-bond acceptors (Lipinski definition) is 8. The lowest BCUT2D eigenvalue weighted by molar-refractivity contribution is -0.157. The second-order valence-electron chi connectivity index (χ2n) is 11.9. The Hall–Kier alpha value is -1.40. The summed E-state index contributed by atoms with van der Waals surface area (Å²) in [5.41, 5.74) is 3.30. The van der Waals surface area contributed by atoms with Gasteiger partial charge in [0.25, 0.3) is 5.91 Å². The van der Waals surface area contributed by atoms with Gasteiger partial charge in [0.15, 0.2) is 6.10 Å². The van der Waals surface area contributed by atoms with Crippen molar-refractivity contribution in [3.05, 3.63) is 0 Å². The first-order valence-electron chi connectivity index (χ1n) is 12.6. The van der Waals surface area contributed by atoms with Crippen LogP contribution in [0.4, 0.5) is 0 Å². The molecule has 0 radical (unpaired) electrons. The topological polar surface area (TPSA) is 171 Å². The van der Waals surface area contributed by atoms with Gasteiger partial charge in [-0.2, -0.15) is 12.6 Å². The van der Waals surface area contributed by atoms with Crippen molar-refractivity contribution in [1.82, 2.24) is 10.6 Å². The monoisotopic (exact) mass is 533 g/mol. The van der Waals surface area contributed by atoms with Crippen LogP contribution in [0.2, 0.25) is 0 Å². The van der Waals surface area contributed by atoms with Crippen LogP contribution < -0.4 is 16.4 Å². The first kappa shape index (κ1) is 32.6. The number of amides is 2. The second-order valence-corrected chi connectivity index (χ2v) is 12.3. The zero-order valence-electron chi connectivity index (χ0n) is 22.9. The highest BCUT2D eigenvalue weighted by molar-refractivity contribution is 7.80. The number of nitrogens with two attached hydrogens (primary N) is 1. The van der Waals surface area contributed by atoms with Crippen molar-refractivity contribution in [3.8, 4) is 0 Å². The highest BCUT2D eigenvalue weighted by Crippen LogP contribution is 2.42. The molecule has 0 bridgehead atoms. The summed E-state index contributed by atoms with van der Waals surface area (Å²) in [6.45, 7) is 13.7. The number of thiol groups is 1. The van der Waals surface area contributed by atoms with Crippen molar-refractivity contribution < 1.29 is 34.4 Å². The summed E-state index contributed by atoms with van der Waals surface area (Å²) in [7, 11) is 0. The molecule has 7 N–H and O–H groups in total. The Balaban J connectivity index is 3.14. The third-order valence-corrected chi connectivity index (χ3v) is 7.74. The Morgan fingerprint density at radius 2 is 1.75 bits per heavy atom. The summed E-state index contributed by atoms with van der Waals surface area (Å²) in [6.07, 6.45) is -2.10. The van der Waals surface area contributed by atoms with Crippen LogP contribution in [-0.4, -0.2) is 80.4 Å². The third-order valence-electron chi connectivity index (χ3n) is 7.17. The normalized spacial score (nSPS) is 28.5. The molecule has 0 aromatic heterocycles. The highest BCUT2D eigenvalue weighted by atomic mass is 32.1. The molecule has 210 valence electrons. The van der Waals surface area contributed by atoms with Crippen LogP contribution in [0.1, 0.15) is 74.7 Å². The lowest BCUT2D eigenvalue weighted by atomic mass is 9.67. The predicted octanol–water partition coefficient (Wildman–Crippen LogP) is 1.08. The molecule has 0 aliphatic carbocycles. The van der Waals surface area contributed by atoms with E-state index in [2.05, 4.69) is 23.3 Å². The Kier molecular flexibility index (Phi) is 11.3. The van der Waals surface area contributed by atoms with Gasteiger partial charge < -0.3 is 36.4 Å². The van der Waals surface area contributed by atoms with E-state index >= 15 is 0 Å².